The standard InChI is InChI=1S/C27H28N4O2/c1-19-12-14-22(15-13-19)27(33)28-17-16-25-30-23-10-6-7-11-24(23)31(25)18-26(32)29-20(2)21-8-4-3-5-9-21/h3-15,20H,16-18H2,1-2H3,(H,28,33)(H,29,32). The van der Waals surface area contributed by atoms with E-state index in [0.29, 0.717) is 18.5 Å². The van der Waals surface area contributed by atoms with Gasteiger partial charge < -0.3 is 15.2 Å². The first kappa shape index (κ1) is 22.3. The SMILES string of the molecule is Cc1ccc(C(=O)NCCc2nc3ccccc3n2CC(=O)NC(C)c2ccccc2)cc1. The van der Waals surface area contributed by atoms with Gasteiger partial charge in [-0.05, 0) is 43.7 Å². The number of fused-ring (bicyclic) bond motifs is 1. The smallest absolute Gasteiger partial charge is 0.251 e. The fourth-order valence-corrected chi connectivity index (χ4v) is 3.84. The Kier molecular flexibility index (Phi) is 6.83. The van der Waals surface area contributed by atoms with Gasteiger partial charge in [-0.15, -0.1) is 0 Å². The first-order chi connectivity index (χ1) is 16.0. The van der Waals surface area contributed by atoms with Crippen LogP contribution in [0.15, 0.2) is 78.9 Å². The number of aromatic nitrogens is 2. The van der Waals surface area contributed by atoms with Crippen LogP contribution in [-0.2, 0) is 17.8 Å². The largest absolute Gasteiger partial charge is 0.352 e. The first-order valence-corrected chi connectivity index (χ1v) is 11.1. The topological polar surface area (TPSA) is 76.0 Å². The number of hydrogen-bond acceptors (Lipinski definition) is 3. The van der Waals surface area contributed by atoms with Crippen LogP contribution < -0.4 is 10.6 Å². The van der Waals surface area contributed by atoms with Crippen LogP contribution in [0.5, 0.6) is 0 Å². The zero-order chi connectivity index (χ0) is 23.2. The van der Waals surface area contributed by atoms with Crippen molar-refractivity contribution < 1.29 is 9.59 Å². The fourth-order valence-electron chi connectivity index (χ4n) is 3.84. The van der Waals surface area contributed by atoms with Gasteiger partial charge in [0, 0.05) is 18.5 Å². The number of nitrogens with one attached hydrogen (secondary N) is 2. The quantitative estimate of drug-likeness (QED) is 0.431. The van der Waals surface area contributed by atoms with Crippen LogP contribution in [0.2, 0.25) is 0 Å². The molecule has 0 aliphatic heterocycles. The molecule has 1 heterocycles. The maximum absolute atomic E-state index is 12.9. The molecule has 0 saturated carbocycles. The normalized spacial score (nSPS) is 11.8. The van der Waals surface area contributed by atoms with Gasteiger partial charge in [-0.25, -0.2) is 4.98 Å². The molecule has 33 heavy (non-hydrogen) atoms. The van der Waals surface area contributed by atoms with Gasteiger partial charge in [0.2, 0.25) is 5.91 Å². The molecule has 1 atom stereocenters. The summed E-state index contributed by atoms with van der Waals surface area (Å²) in [5.41, 5.74) is 4.53. The van der Waals surface area contributed by atoms with Crippen molar-refractivity contribution in [1.29, 1.82) is 0 Å². The van der Waals surface area contributed by atoms with Gasteiger partial charge >= 0.3 is 0 Å². The molecule has 0 spiro atoms. The molecule has 0 fully saturated rings. The summed E-state index contributed by atoms with van der Waals surface area (Å²) in [6, 6.07) is 25.0. The third-order valence-corrected chi connectivity index (χ3v) is 5.66. The Morgan fingerprint density at radius 2 is 1.64 bits per heavy atom. The van der Waals surface area contributed by atoms with Crippen molar-refractivity contribution >= 4 is 22.8 Å². The number of nitrogens with zero attached hydrogens (tertiary/aromatic N) is 2. The number of hydrogen-bond donors (Lipinski definition) is 2. The number of rotatable bonds is 8. The first-order valence-electron chi connectivity index (χ1n) is 11.1. The van der Waals surface area contributed by atoms with E-state index in [9.17, 15) is 9.59 Å². The second kappa shape index (κ2) is 10.1. The number of imidazole rings is 1. The van der Waals surface area contributed by atoms with Gasteiger partial charge in [-0.2, -0.15) is 0 Å². The number of carbonyl (C=O) groups excluding carboxylic acids is 2. The molecule has 0 aliphatic rings. The number of amides is 2. The van der Waals surface area contributed by atoms with E-state index >= 15 is 0 Å². The van der Waals surface area contributed by atoms with Crippen molar-refractivity contribution in [3.63, 3.8) is 0 Å². The number of aryl methyl sites for hydroxylation is 1. The highest BCUT2D eigenvalue weighted by atomic mass is 16.2. The third kappa shape index (κ3) is 5.47. The van der Waals surface area contributed by atoms with E-state index in [1.54, 1.807) is 0 Å². The molecular weight excluding hydrogens is 412 g/mol. The monoisotopic (exact) mass is 440 g/mol. The van der Waals surface area contributed by atoms with Crippen molar-refractivity contribution in [1.82, 2.24) is 20.2 Å². The summed E-state index contributed by atoms with van der Waals surface area (Å²) in [7, 11) is 0. The van der Waals surface area contributed by atoms with E-state index < -0.39 is 0 Å². The Hall–Kier alpha value is -3.93. The molecule has 4 aromatic rings. The van der Waals surface area contributed by atoms with Crippen LogP contribution in [0.1, 0.15) is 40.3 Å². The molecule has 168 valence electrons. The average molecular weight is 441 g/mol. The zero-order valence-electron chi connectivity index (χ0n) is 18.9. The third-order valence-electron chi connectivity index (χ3n) is 5.66. The Bertz CT molecular complexity index is 1250. The molecular formula is C27H28N4O2. The van der Waals surface area contributed by atoms with Gasteiger partial charge in [0.15, 0.2) is 0 Å². The highest BCUT2D eigenvalue weighted by Gasteiger charge is 2.16. The minimum absolute atomic E-state index is 0.0838. The Balaban J connectivity index is 1.44. The van der Waals surface area contributed by atoms with E-state index in [4.69, 9.17) is 4.98 Å². The van der Waals surface area contributed by atoms with E-state index in [2.05, 4.69) is 10.6 Å². The minimum Gasteiger partial charge on any atom is -0.352 e. The molecule has 6 nitrogen and oxygen atoms in total. The maximum atomic E-state index is 12.9. The van der Waals surface area contributed by atoms with Crippen LogP contribution in [-0.4, -0.2) is 27.9 Å². The lowest BCUT2D eigenvalue weighted by atomic mass is 10.1. The Morgan fingerprint density at radius 1 is 0.939 bits per heavy atom. The van der Waals surface area contributed by atoms with E-state index in [1.807, 2.05) is 97.3 Å². The summed E-state index contributed by atoms with van der Waals surface area (Å²) in [4.78, 5) is 30.0. The van der Waals surface area contributed by atoms with Crippen molar-refractivity contribution in [2.24, 2.45) is 0 Å². The predicted molar refractivity (Wildman–Crippen MR) is 130 cm³/mol. The number of para-hydroxylation sites is 2. The highest BCUT2D eigenvalue weighted by Crippen LogP contribution is 2.17. The highest BCUT2D eigenvalue weighted by molar-refractivity contribution is 5.94. The molecule has 2 amide bonds. The molecule has 0 bridgehead atoms. The van der Waals surface area contributed by atoms with Crippen LogP contribution >= 0.6 is 0 Å². The summed E-state index contributed by atoms with van der Waals surface area (Å²) >= 11 is 0. The van der Waals surface area contributed by atoms with Crippen molar-refractivity contribution in [2.45, 2.75) is 32.9 Å². The zero-order valence-corrected chi connectivity index (χ0v) is 18.9. The van der Waals surface area contributed by atoms with Crippen molar-refractivity contribution in [2.75, 3.05) is 6.54 Å². The molecule has 3 aromatic carbocycles. The summed E-state index contributed by atoms with van der Waals surface area (Å²) in [6.45, 7) is 4.56. The Labute approximate surface area is 193 Å². The van der Waals surface area contributed by atoms with E-state index in [-0.39, 0.29) is 24.4 Å². The van der Waals surface area contributed by atoms with Gasteiger partial charge in [0.05, 0.1) is 17.1 Å². The molecule has 1 unspecified atom stereocenters. The second-order valence-electron chi connectivity index (χ2n) is 8.17. The lowest BCUT2D eigenvalue weighted by Gasteiger charge is -2.16. The minimum atomic E-state index is -0.118. The number of benzene rings is 3. The van der Waals surface area contributed by atoms with E-state index in [0.717, 1.165) is 28.0 Å². The van der Waals surface area contributed by atoms with Crippen LogP contribution in [0.25, 0.3) is 11.0 Å². The lowest BCUT2D eigenvalue weighted by Crippen LogP contribution is -2.31. The average Bonchev–Trinajstić information content (AvgIpc) is 3.17. The summed E-state index contributed by atoms with van der Waals surface area (Å²) in [6.07, 6.45) is 0.522. The molecule has 0 radical (unpaired) electrons. The molecule has 0 aliphatic carbocycles. The summed E-state index contributed by atoms with van der Waals surface area (Å²) < 4.78 is 1.93. The van der Waals surface area contributed by atoms with Gasteiger partial charge in [-0.3, -0.25) is 9.59 Å². The summed E-state index contributed by atoms with van der Waals surface area (Å²) in [5.74, 6) is 0.564. The Morgan fingerprint density at radius 3 is 2.39 bits per heavy atom. The van der Waals surface area contributed by atoms with Crippen LogP contribution in [0, 0.1) is 6.92 Å². The lowest BCUT2D eigenvalue weighted by molar-refractivity contribution is -0.122. The molecule has 6 heteroatoms. The fraction of sp³-hybridized carbons (Fsp3) is 0.222. The maximum Gasteiger partial charge on any atom is 0.251 e. The van der Waals surface area contributed by atoms with E-state index in [1.165, 1.54) is 0 Å². The van der Waals surface area contributed by atoms with Crippen LogP contribution in [0.3, 0.4) is 0 Å². The van der Waals surface area contributed by atoms with Gasteiger partial charge in [0.25, 0.3) is 5.91 Å². The van der Waals surface area contributed by atoms with Crippen molar-refractivity contribution in [3.8, 4) is 0 Å². The molecule has 0 saturated heterocycles. The van der Waals surface area contributed by atoms with Crippen LogP contribution in [0.4, 0.5) is 0 Å². The van der Waals surface area contributed by atoms with Gasteiger partial charge in [0.1, 0.15) is 12.4 Å². The summed E-state index contributed by atoms with van der Waals surface area (Å²) in [5, 5.41) is 6.02. The second-order valence-corrected chi connectivity index (χ2v) is 8.17. The predicted octanol–water partition coefficient (Wildman–Crippen LogP) is 4.19. The molecule has 1 aromatic heterocycles. The number of carbonyl (C=O) groups is 2. The van der Waals surface area contributed by atoms with Crippen molar-refractivity contribution in [3.05, 3.63) is 101 Å². The molecule has 4 rings (SSSR count). The van der Waals surface area contributed by atoms with Gasteiger partial charge in [-0.1, -0.05) is 60.2 Å². The molecule has 2 N–H and O–H groups in total.